The smallest absolute Gasteiger partial charge is 0.222 e. The maximum Gasteiger partial charge on any atom is 0.222 e. The monoisotopic (exact) mass is 377 g/mol. The Labute approximate surface area is 159 Å². The van der Waals surface area contributed by atoms with Gasteiger partial charge >= 0.3 is 0 Å². The van der Waals surface area contributed by atoms with E-state index < -0.39 is 0 Å². The van der Waals surface area contributed by atoms with Crippen LogP contribution in [0.4, 0.5) is 0 Å². The predicted molar refractivity (Wildman–Crippen MR) is 107 cm³/mol. The zero-order valence-corrected chi connectivity index (χ0v) is 16.7. The number of halogens is 2. The van der Waals surface area contributed by atoms with E-state index in [2.05, 4.69) is 30.9 Å². The first-order valence-electron chi connectivity index (χ1n) is 8.36. The number of nitrogens with two attached hydrogens (primary N) is 1. The fourth-order valence-electron chi connectivity index (χ4n) is 2.41. The van der Waals surface area contributed by atoms with Gasteiger partial charge in [-0.3, -0.25) is 4.79 Å². The second kappa shape index (κ2) is 14.5. The Hall–Kier alpha value is -0.810. The Bertz CT molecular complexity index is 426. The molecule has 1 rings (SSSR count). The summed E-state index contributed by atoms with van der Waals surface area (Å²) in [5.74, 6) is 0.202. The summed E-state index contributed by atoms with van der Waals surface area (Å²) in [4.78, 5) is 16.8. The zero-order valence-electron chi connectivity index (χ0n) is 15.1. The summed E-state index contributed by atoms with van der Waals surface area (Å²) >= 11 is 0. The van der Waals surface area contributed by atoms with Gasteiger partial charge in [-0.2, -0.15) is 0 Å². The molecule has 1 unspecified atom stereocenters. The van der Waals surface area contributed by atoms with Crippen LogP contribution in [-0.4, -0.2) is 47.9 Å². The summed E-state index contributed by atoms with van der Waals surface area (Å²) in [6, 6.07) is 10.3. The van der Waals surface area contributed by atoms with Crippen LogP contribution in [0.15, 0.2) is 30.3 Å². The molecule has 6 heteroatoms. The van der Waals surface area contributed by atoms with Gasteiger partial charge < -0.3 is 15.5 Å². The third-order valence-corrected chi connectivity index (χ3v) is 3.96. The van der Waals surface area contributed by atoms with Crippen LogP contribution < -0.4 is 5.73 Å². The van der Waals surface area contributed by atoms with Crippen molar-refractivity contribution in [3.8, 4) is 0 Å². The van der Waals surface area contributed by atoms with Crippen LogP contribution in [0.1, 0.15) is 39.2 Å². The number of likely N-dealkylation sites (N-methyl/N-ethyl adjacent to an activating group) is 1. The Morgan fingerprint density at radius 1 is 1.08 bits per heavy atom. The van der Waals surface area contributed by atoms with Crippen LogP contribution in [0.25, 0.3) is 0 Å². The van der Waals surface area contributed by atoms with Crippen LogP contribution in [0, 0.1) is 0 Å². The molecule has 1 aromatic rings. The molecule has 0 aliphatic rings. The van der Waals surface area contributed by atoms with E-state index in [9.17, 15) is 4.79 Å². The van der Waals surface area contributed by atoms with Gasteiger partial charge in [0.25, 0.3) is 0 Å². The lowest BCUT2D eigenvalue weighted by molar-refractivity contribution is -0.132. The van der Waals surface area contributed by atoms with Gasteiger partial charge in [-0.25, -0.2) is 0 Å². The highest BCUT2D eigenvalue weighted by Gasteiger charge is 2.15. The van der Waals surface area contributed by atoms with Crippen molar-refractivity contribution in [2.75, 3.05) is 26.2 Å². The predicted octanol–water partition coefficient (Wildman–Crippen LogP) is 3.33. The quantitative estimate of drug-likeness (QED) is 0.680. The number of hydrogen-bond donors (Lipinski definition) is 1. The normalized spacial score (nSPS) is 11.4. The molecule has 0 aromatic heterocycles. The van der Waals surface area contributed by atoms with E-state index in [1.165, 1.54) is 5.56 Å². The Morgan fingerprint density at radius 3 is 2.17 bits per heavy atom. The second-order valence-electron chi connectivity index (χ2n) is 5.84. The lowest BCUT2D eigenvalue weighted by atomic mass is 10.1. The summed E-state index contributed by atoms with van der Waals surface area (Å²) in [6.45, 7) is 10.7. The molecule has 4 nitrogen and oxygen atoms in total. The minimum atomic E-state index is 0. The Balaban J connectivity index is 0. The first-order chi connectivity index (χ1) is 10.6. The molecule has 0 aliphatic carbocycles. The molecule has 0 radical (unpaired) electrons. The van der Waals surface area contributed by atoms with Gasteiger partial charge in [0.2, 0.25) is 5.91 Å². The summed E-state index contributed by atoms with van der Waals surface area (Å²) in [5, 5.41) is 0. The summed E-state index contributed by atoms with van der Waals surface area (Å²) in [7, 11) is 0. The number of carbonyl (C=O) groups excluding carboxylic acids is 1. The van der Waals surface area contributed by atoms with E-state index in [-0.39, 0.29) is 36.8 Å². The standard InChI is InChI=1S/C18H31N3O.2ClH/c1-4-20(5-2)13-14-21(18(22)12-11-16(3)19)15-17-9-7-6-8-10-17;;/h6-10,16H,4-5,11-15,19H2,1-3H3;2*1H. The molecule has 1 aromatic carbocycles. The van der Waals surface area contributed by atoms with Crippen LogP contribution in [0.3, 0.4) is 0 Å². The van der Waals surface area contributed by atoms with Gasteiger partial charge in [-0.15, -0.1) is 24.8 Å². The van der Waals surface area contributed by atoms with Crippen molar-refractivity contribution in [2.24, 2.45) is 5.73 Å². The SMILES string of the molecule is CCN(CC)CCN(Cc1ccccc1)C(=O)CCC(C)N.Cl.Cl. The van der Waals surface area contributed by atoms with Gasteiger partial charge in [0.15, 0.2) is 0 Å². The molecule has 0 saturated heterocycles. The topological polar surface area (TPSA) is 49.6 Å². The number of nitrogens with zero attached hydrogens (tertiary/aromatic N) is 2. The minimum Gasteiger partial charge on any atom is -0.337 e. The van der Waals surface area contributed by atoms with Crippen molar-refractivity contribution < 1.29 is 4.79 Å². The zero-order chi connectivity index (χ0) is 16.4. The molecule has 2 N–H and O–H groups in total. The van der Waals surface area contributed by atoms with Crippen molar-refractivity contribution in [1.82, 2.24) is 9.80 Å². The molecule has 1 atom stereocenters. The highest BCUT2D eigenvalue weighted by Crippen LogP contribution is 2.08. The summed E-state index contributed by atoms with van der Waals surface area (Å²) in [5.41, 5.74) is 6.96. The molecular formula is C18H33Cl2N3O. The number of carbonyl (C=O) groups is 1. The molecule has 0 aliphatic heterocycles. The van der Waals surface area contributed by atoms with Gasteiger partial charge in [0, 0.05) is 32.1 Å². The van der Waals surface area contributed by atoms with Crippen LogP contribution in [0.5, 0.6) is 0 Å². The van der Waals surface area contributed by atoms with Crippen LogP contribution in [-0.2, 0) is 11.3 Å². The Morgan fingerprint density at radius 2 is 1.67 bits per heavy atom. The van der Waals surface area contributed by atoms with Crippen molar-refractivity contribution in [2.45, 2.75) is 46.2 Å². The van der Waals surface area contributed by atoms with E-state index in [0.29, 0.717) is 13.0 Å². The lowest BCUT2D eigenvalue weighted by Gasteiger charge is -2.27. The van der Waals surface area contributed by atoms with Crippen molar-refractivity contribution in [1.29, 1.82) is 0 Å². The first-order valence-corrected chi connectivity index (χ1v) is 8.36. The van der Waals surface area contributed by atoms with Gasteiger partial charge in [-0.05, 0) is 32.0 Å². The number of benzene rings is 1. The van der Waals surface area contributed by atoms with E-state index >= 15 is 0 Å². The molecule has 0 bridgehead atoms. The number of rotatable bonds is 10. The van der Waals surface area contributed by atoms with Crippen molar-refractivity contribution in [3.05, 3.63) is 35.9 Å². The largest absolute Gasteiger partial charge is 0.337 e. The summed E-state index contributed by atoms with van der Waals surface area (Å²) in [6.07, 6.45) is 1.28. The van der Waals surface area contributed by atoms with Gasteiger partial charge in [-0.1, -0.05) is 44.2 Å². The Kier molecular flexibility index (Phi) is 15.4. The molecular weight excluding hydrogens is 345 g/mol. The van der Waals surface area contributed by atoms with Crippen LogP contribution >= 0.6 is 24.8 Å². The van der Waals surface area contributed by atoms with Crippen LogP contribution in [0.2, 0.25) is 0 Å². The van der Waals surface area contributed by atoms with Gasteiger partial charge in [0.1, 0.15) is 0 Å². The molecule has 140 valence electrons. The minimum absolute atomic E-state index is 0. The summed E-state index contributed by atoms with van der Waals surface area (Å²) < 4.78 is 0. The molecule has 0 fully saturated rings. The van der Waals surface area contributed by atoms with Crippen molar-refractivity contribution >= 4 is 30.7 Å². The van der Waals surface area contributed by atoms with E-state index in [1.807, 2.05) is 30.0 Å². The molecule has 0 spiro atoms. The maximum absolute atomic E-state index is 12.5. The highest BCUT2D eigenvalue weighted by atomic mass is 35.5. The lowest BCUT2D eigenvalue weighted by Crippen LogP contribution is -2.38. The average molecular weight is 378 g/mol. The maximum atomic E-state index is 12.5. The molecule has 0 heterocycles. The first kappa shape index (κ1) is 25.4. The molecule has 0 saturated carbocycles. The number of hydrogen-bond acceptors (Lipinski definition) is 3. The van der Waals surface area contributed by atoms with E-state index in [4.69, 9.17) is 5.73 Å². The second-order valence-corrected chi connectivity index (χ2v) is 5.84. The molecule has 1 amide bonds. The fraction of sp³-hybridized carbons (Fsp3) is 0.611. The average Bonchev–Trinajstić information content (AvgIpc) is 2.53. The third-order valence-electron chi connectivity index (χ3n) is 3.96. The number of amides is 1. The fourth-order valence-corrected chi connectivity index (χ4v) is 2.41. The van der Waals surface area contributed by atoms with Crippen molar-refractivity contribution in [3.63, 3.8) is 0 Å². The highest BCUT2D eigenvalue weighted by molar-refractivity contribution is 5.85. The van der Waals surface area contributed by atoms with E-state index in [0.717, 1.165) is 32.6 Å². The van der Waals surface area contributed by atoms with Gasteiger partial charge in [0.05, 0.1) is 0 Å². The third kappa shape index (κ3) is 10.1. The van der Waals surface area contributed by atoms with E-state index in [1.54, 1.807) is 0 Å². The molecule has 24 heavy (non-hydrogen) atoms.